The number of hydrogen-bond donors (Lipinski definition) is 1. The lowest BCUT2D eigenvalue weighted by atomic mass is 10.1. The largest absolute Gasteiger partial charge is 0.306 e. The number of nitrogens with one attached hydrogen (secondary N) is 1. The first kappa shape index (κ1) is 17.2. The fourth-order valence-electron chi connectivity index (χ4n) is 2.78. The number of aromatic nitrogens is 2. The molecule has 0 bridgehead atoms. The van der Waals surface area contributed by atoms with Crippen LogP contribution in [0.15, 0.2) is 78.0 Å². The van der Waals surface area contributed by atoms with E-state index in [9.17, 15) is 12.8 Å². The molecule has 0 saturated carbocycles. The van der Waals surface area contributed by atoms with Crippen molar-refractivity contribution in [1.29, 1.82) is 0 Å². The van der Waals surface area contributed by atoms with E-state index < -0.39 is 15.8 Å². The first-order valence-corrected chi connectivity index (χ1v) is 9.73. The van der Waals surface area contributed by atoms with Gasteiger partial charge in [-0.15, -0.1) is 0 Å². The number of rotatable bonds is 4. The molecule has 0 spiro atoms. The molecule has 4 rings (SSSR count). The number of fused-ring (bicyclic) bond motifs is 1. The minimum Gasteiger partial charge on any atom is -0.306 e. The van der Waals surface area contributed by atoms with Crippen LogP contribution in [0.3, 0.4) is 0 Å². The lowest BCUT2D eigenvalue weighted by Crippen LogP contribution is -2.13. The smallest absolute Gasteiger partial charge is 0.261 e. The number of sulfonamides is 1. The fraction of sp³-hybridized carbons (Fsp3) is 0.0500. The van der Waals surface area contributed by atoms with E-state index in [0.717, 1.165) is 28.5 Å². The molecule has 7 heteroatoms. The number of pyridine rings is 1. The van der Waals surface area contributed by atoms with E-state index in [-0.39, 0.29) is 4.90 Å². The van der Waals surface area contributed by atoms with Crippen molar-refractivity contribution in [3.8, 4) is 11.3 Å². The summed E-state index contributed by atoms with van der Waals surface area (Å²) < 4.78 is 42.4. The Balaban J connectivity index is 1.60. The van der Waals surface area contributed by atoms with Gasteiger partial charge in [0.15, 0.2) is 0 Å². The normalized spacial score (nSPS) is 11.6. The van der Waals surface area contributed by atoms with Crippen LogP contribution in [0, 0.1) is 12.7 Å². The summed E-state index contributed by atoms with van der Waals surface area (Å²) in [5, 5.41) is 0. The highest BCUT2D eigenvalue weighted by atomic mass is 32.2. The highest BCUT2D eigenvalue weighted by Gasteiger charge is 2.15. The molecular weight excluding hydrogens is 365 g/mol. The maximum atomic E-state index is 13.3. The van der Waals surface area contributed by atoms with Gasteiger partial charge in [-0.2, -0.15) is 0 Å². The molecule has 0 fully saturated rings. The quantitative estimate of drug-likeness (QED) is 0.575. The van der Waals surface area contributed by atoms with E-state index in [1.807, 2.05) is 35.9 Å². The molecule has 2 aromatic carbocycles. The number of hydrogen-bond acceptors (Lipinski definition) is 3. The molecule has 4 aromatic rings. The number of benzene rings is 2. The van der Waals surface area contributed by atoms with Gasteiger partial charge in [-0.1, -0.05) is 18.2 Å². The molecule has 0 radical (unpaired) electrons. The number of anilines is 1. The molecule has 5 nitrogen and oxygen atoms in total. The van der Waals surface area contributed by atoms with Crippen molar-refractivity contribution in [1.82, 2.24) is 9.38 Å². The van der Waals surface area contributed by atoms with E-state index in [0.29, 0.717) is 5.69 Å². The van der Waals surface area contributed by atoms with Crippen LogP contribution in [0.1, 0.15) is 5.56 Å². The van der Waals surface area contributed by atoms with Gasteiger partial charge in [0.05, 0.1) is 10.6 Å². The topological polar surface area (TPSA) is 63.5 Å². The summed E-state index contributed by atoms with van der Waals surface area (Å²) in [6, 6.07) is 15.8. The zero-order chi connectivity index (χ0) is 19.0. The Labute approximate surface area is 156 Å². The molecular formula is C20H16FN3O2S. The maximum absolute atomic E-state index is 13.3. The van der Waals surface area contributed by atoms with Crippen molar-refractivity contribution in [2.75, 3.05) is 4.72 Å². The molecule has 0 aliphatic heterocycles. The molecule has 0 atom stereocenters. The van der Waals surface area contributed by atoms with Crippen molar-refractivity contribution < 1.29 is 12.8 Å². The monoisotopic (exact) mass is 381 g/mol. The maximum Gasteiger partial charge on any atom is 0.261 e. The predicted octanol–water partition coefficient (Wildman–Crippen LogP) is 4.25. The van der Waals surface area contributed by atoms with Gasteiger partial charge in [-0.05, 0) is 55.0 Å². The van der Waals surface area contributed by atoms with Crippen LogP contribution in [0.4, 0.5) is 10.1 Å². The number of nitrogens with zero attached hydrogens (tertiary/aromatic N) is 2. The van der Waals surface area contributed by atoms with Crippen molar-refractivity contribution >= 4 is 21.4 Å². The highest BCUT2D eigenvalue weighted by Crippen LogP contribution is 2.23. The third-order valence-corrected chi connectivity index (χ3v) is 5.53. The Hall–Kier alpha value is -3.19. The minimum atomic E-state index is -3.85. The van der Waals surface area contributed by atoms with Crippen molar-refractivity contribution in [2.24, 2.45) is 0 Å². The van der Waals surface area contributed by atoms with E-state index in [1.165, 1.54) is 18.2 Å². The second-order valence-electron chi connectivity index (χ2n) is 6.24. The molecule has 0 unspecified atom stereocenters. The van der Waals surface area contributed by atoms with Crippen molar-refractivity contribution in [3.63, 3.8) is 0 Å². The van der Waals surface area contributed by atoms with Gasteiger partial charge in [-0.3, -0.25) is 4.72 Å². The molecule has 2 aromatic heterocycles. The highest BCUT2D eigenvalue weighted by molar-refractivity contribution is 7.92. The average Bonchev–Trinajstić information content (AvgIpc) is 3.05. The zero-order valence-electron chi connectivity index (χ0n) is 14.4. The van der Waals surface area contributed by atoms with Gasteiger partial charge in [-0.25, -0.2) is 17.8 Å². The third kappa shape index (κ3) is 3.54. The molecule has 27 heavy (non-hydrogen) atoms. The Bertz CT molecular complexity index is 1230. The fourth-order valence-corrected chi connectivity index (χ4v) is 3.87. The molecule has 2 heterocycles. The molecule has 0 saturated heterocycles. The molecule has 0 amide bonds. The molecule has 0 aliphatic rings. The number of imidazole rings is 1. The van der Waals surface area contributed by atoms with Gasteiger partial charge in [0.25, 0.3) is 10.0 Å². The third-order valence-electron chi connectivity index (χ3n) is 4.15. The lowest BCUT2D eigenvalue weighted by Gasteiger charge is -2.08. The first-order valence-electron chi connectivity index (χ1n) is 8.25. The van der Waals surface area contributed by atoms with Crippen LogP contribution >= 0.6 is 0 Å². The molecule has 1 N–H and O–H groups in total. The Morgan fingerprint density at radius 2 is 1.81 bits per heavy atom. The van der Waals surface area contributed by atoms with E-state index in [4.69, 9.17) is 0 Å². The summed E-state index contributed by atoms with van der Waals surface area (Å²) in [5.74, 6) is -0.602. The summed E-state index contributed by atoms with van der Waals surface area (Å²) >= 11 is 0. The Morgan fingerprint density at radius 3 is 2.56 bits per heavy atom. The number of aryl methyl sites for hydroxylation is 1. The second-order valence-corrected chi connectivity index (χ2v) is 7.92. The van der Waals surface area contributed by atoms with Crippen LogP contribution in [-0.4, -0.2) is 17.8 Å². The van der Waals surface area contributed by atoms with Crippen LogP contribution in [0.25, 0.3) is 16.9 Å². The first-order chi connectivity index (χ1) is 12.9. The summed E-state index contributed by atoms with van der Waals surface area (Å²) in [4.78, 5) is 4.47. The van der Waals surface area contributed by atoms with E-state index >= 15 is 0 Å². The van der Waals surface area contributed by atoms with Crippen molar-refractivity contribution in [2.45, 2.75) is 11.8 Å². The number of halogens is 1. The molecule has 0 aliphatic carbocycles. The van der Waals surface area contributed by atoms with Gasteiger partial charge >= 0.3 is 0 Å². The van der Waals surface area contributed by atoms with Gasteiger partial charge < -0.3 is 4.40 Å². The SMILES string of the molecule is Cc1ccn2cc(-c3ccc(NS(=O)(=O)c4cccc(F)c4)cc3)nc2c1. The summed E-state index contributed by atoms with van der Waals surface area (Å²) in [7, 11) is -3.85. The Kier molecular flexibility index (Phi) is 4.16. The van der Waals surface area contributed by atoms with Gasteiger partial charge in [0, 0.05) is 23.6 Å². The summed E-state index contributed by atoms with van der Waals surface area (Å²) in [6.45, 7) is 2.01. The van der Waals surface area contributed by atoms with Gasteiger partial charge in [0.2, 0.25) is 0 Å². The Morgan fingerprint density at radius 1 is 1.04 bits per heavy atom. The van der Waals surface area contributed by atoms with Crippen LogP contribution in [0.5, 0.6) is 0 Å². The standard InChI is InChI=1S/C20H16FN3O2S/c1-14-9-10-24-13-19(22-20(24)11-14)15-5-7-17(8-6-15)23-27(25,26)18-4-2-3-16(21)12-18/h2-13,23H,1H3. The second kappa shape index (κ2) is 6.51. The van der Waals surface area contributed by atoms with E-state index in [1.54, 1.807) is 24.3 Å². The van der Waals surface area contributed by atoms with Crippen LogP contribution in [-0.2, 0) is 10.0 Å². The summed E-state index contributed by atoms with van der Waals surface area (Å²) in [5.41, 5.74) is 4.02. The average molecular weight is 381 g/mol. The van der Waals surface area contributed by atoms with Crippen molar-refractivity contribution in [3.05, 3.63) is 84.4 Å². The predicted molar refractivity (Wildman–Crippen MR) is 103 cm³/mol. The van der Waals surface area contributed by atoms with Crippen LogP contribution < -0.4 is 4.72 Å². The molecule has 136 valence electrons. The van der Waals surface area contributed by atoms with Crippen LogP contribution in [0.2, 0.25) is 0 Å². The minimum absolute atomic E-state index is 0.123. The van der Waals surface area contributed by atoms with Gasteiger partial charge in [0.1, 0.15) is 11.5 Å². The van der Waals surface area contributed by atoms with E-state index in [2.05, 4.69) is 9.71 Å². The summed E-state index contributed by atoms with van der Waals surface area (Å²) in [6.07, 6.45) is 3.86. The lowest BCUT2D eigenvalue weighted by molar-refractivity contribution is 0.595. The zero-order valence-corrected chi connectivity index (χ0v) is 15.2.